The van der Waals surface area contributed by atoms with Crippen molar-refractivity contribution in [2.24, 2.45) is 17.8 Å². The number of carbonyl (C=O) groups excluding carboxylic acids is 5. The number of piperidine rings is 1. The maximum absolute atomic E-state index is 14.3. The zero-order valence-electron chi connectivity index (χ0n) is 32.1. The first kappa shape index (κ1) is 43.9. The number of ether oxygens (including phenoxy) is 1. The number of nitrogens with one attached hydrogen (secondary N) is 3. The summed E-state index contributed by atoms with van der Waals surface area (Å²) in [7, 11) is 0. The SMILES string of the molecule is CCC1CC(=O)N(CCCCCC(NC(C(=O)NC(CCCN2CCCCC2)C(=O)Nc2ccc(COC(=O)C(C)C)cc2)C(C)C)C(F)(F)F)C1=O. The van der Waals surface area contributed by atoms with Gasteiger partial charge in [-0.25, -0.2) is 0 Å². The van der Waals surface area contributed by atoms with Gasteiger partial charge in [-0.05, 0) is 88.2 Å². The number of halogens is 3. The van der Waals surface area contributed by atoms with E-state index in [0.29, 0.717) is 37.8 Å². The molecule has 11 nitrogen and oxygen atoms in total. The van der Waals surface area contributed by atoms with Crippen LogP contribution in [0.25, 0.3) is 0 Å². The van der Waals surface area contributed by atoms with E-state index in [0.717, 1.165) is 38.0 Å². The number of imide groups is 1. The van der Waals surface area contributed by atoms with Crippen molar-refractivity contribution in [1.82, 2.24) is 20.4 Å². The van der Waals surface area contributed by atoms with Crippen molar-refractivity contribution < 1.29 is 41.9 Å². The summed E-state index contributed by atoms with van der Waals surface area (Å²) < 4.78 is 48.1. The Kier molecular flexibility index (Phi) is 17.7. The number of alkyl halides is 3. The molecule has 2 aliphatic heterocycles. The lowest BCUT2D eigenvalue weighted by atomic mass is 9.99. The Balaban J connectivity index is 1.63. The number of benzene rings is 1. The predicted molar refractivity (Wildman–Crippen MR) is 196 cm³/mol. The molecule has 3 N–H and O–H groups in total. The average molecular weight is 752 g/mol. The Morgan fingerprint density at radius 3 is 2.15 bits per heavy atom. The monoisotopic (exact) mass is 751 g/mol. The van der Waals surface area contributed by atoms with Crippen LogP contribution < -0.4 is 16.0 Å². The molecule has 14 heteroatoms. The van der Waals surface area contributed by atoms with Crippen LogP contribution in [0.1, 0.15) is 111 Å². The summed E-state index contributed by atoms with van der Waals surface area (Å²) in [5.41, 5.74) is 1.19. The lowest BCUT2D eigenvalue weighted by Crippen LogP contribution is -2.58. The van der Waals surface area contributed by atoms with E-state index in [-0.39, 0.29) is 62.0 Å². The van der Waals surface area contributed by atoms with Gasteiger partial charge < -0.3 is 20.3 Å². The Hall–Kier alpha value is -3.52. The zero-order valence-corrected chi connectivity index (χ0v) is 32.1. The van der Waals surface area contributed by atoms with Crippen LogP contribution in [0.15, 0.2) is 24.3 Å². The summed E-state index contributed by atoms with van der Waals surface area (Å²) in [4.78, 5) is 67.2. The molecule has 0 radical (unpaired) electrons. The van der Waals surface area contributed by atoms with Gasteiger partial charge in [-0.3, -0.25) is 34.2 Å². The average Bonchev–Trinajstić information content (AvgIpc) is 3.39. The second-order valence-corrected chi connectivity index (χ2v) is 15.1. The highest BCUT2D eigenvalue weighted by atomic mass is 19.4. The van der Waals surface area contributed by atoms with Crippen molar-refractivity contribution in [2.45, 2.75) is 136 Å². The maximum Gasteiger partial charge on any atom is 0.403 e. The lowest BCUT2D eigenvalue weighted by molar-refractivity contribution is -0.161. The van der Waals surface area contributed by atoms with Gasteiger partial charge in [0.1, 0.15) is 18.7 Å². The molecule has 2 fully saturated rings. The van der Waals surface area contributed by atoms with Gasteiger partial charge in [-0.1, -0.05) is 66.0 Å². The minimum Gasteiger partial charge on any atom is -0.461 e. The molecule has 4 atom stereocenters. The number of rotatable bonds is 21. The van der Waals surface area contributed by atoms with Gasteiger partial charge in [0.05, 0.1) is 12.0 Å². The third-order valence-electron chi connectivity index (χ3n) is 10.1. The third kappa shape index (κ3) is 14.3. The van der Waals surface area contributed by atoms with Crippen molar-refractivity contribution in [1.29, 1.82) is 0 Å². The van der Waals surface area contributed by atoms with Crippen LogP contribution in [-0.2, 0) is 35.3 Å². The number of unbranched alkanes of at least 4 members (excludes halogenated alkanes) is 2. The van der Waals surface area contributed by atoms with E-state index >= 15 is 0 Å². The van der Waals surface area contributed by atoms with E-state index < -0.39 is 42.0 Å². The smallest absolute Gasteiger partial charge is 0.403 e. The van der Waals surface area contributed by atoms with Gasteiger partial charge >= 0.3 is 12.1 Å². The van der Waals surface area contributed by atoms with E-state index in [2.05, 4.69) is 20.9 Å². The quantitative estimate of drug-likeness (QED) is 0.0795. The van der Waals surface area contributed by atoms with Crippen molar-refractivity contribution in [3.8, 4) is 0 Å². The lowest BCUT2D eigenvalue weighted by Gasteiger charge is -2.31. The van der Waals surface area contributed by atoms with Crippen LogP contribution in [0.5, 0.6) is 0 Å². The Labute approximate surface area is 312 Å². The van der Waals surface area contributed by atoms with Crippen molar-refractivity contribution in [3.63, 3.8) is 0 Å². The molecule has 0 bridgehead atoms. The van der Waals surface area contributed by atoms with E-state index in [9.17, 15) is 37.1 Å². The fourth-order valence-electron chi connectivity index (χ4n) is 6.70. The molecule has 3 rings (SSSR count). The second-order valence-electron chi connectivity index (χ2n) is 15.1. The van der Waals surface area contributed by atoms with E-state index in [1.54, 1.807) is 52.0 Å². The molecule has 2 aliphatic rings. The van der Waals surface area contributed by atoms with Gasteiger partial charge in [0, 0.05) is 24.6 Å². The van der Waals surface area contributed by atoms with Gasteiger partial charge in [-0.15, -0.1) is 0 Å². The molecule has 1 aromatic rings. The number of nitrogens with zero attached hydrogens (tertiary/aromatic N) is 2. The molecule has 0 aromatic heterocycles. The zero-order chi connectivity index (χ0) is 39.1. The van der Waals surface area contributed by atoms with Crippen LogP contribution in [0, 0.1) is 17.8 Å². The highest BCUT2D eigenvalue weighted by molar-refractivity contribution is 6.03. The first-order chi connectivity index (χ1) is 25.1. The number of hydrogen-bond donors (Lipinski definition) is 3. The van der Waals surface area contributed by atoms with Gasteiger partial charge in [0.25, 0.3) is 0 Å². The summed E-state index contributed by atoms with van der Waals surface area (Å²) in [5, 5.41) is 8.15. The summed E-state index contributed by atoms with van der Waals surface area (Å²) >= 11 is 0. The van der Waals surface area contributed by atoms with Gasteiger partial charge in [0.15, 0.2) is 0 Å². The molecule has 2 saturated heterocycles. The molecule has 2 heterocycles. The van der Waals surface area contributed by atoms with E-state index in [4.69, 9.17) is 4.74 Å². The van der Waals surface area contributed by atoms with Crippen LogP contribution in [0.3, 0.4) is 0 Å². The van der Waals surface area contributed by atoms with Crippen LogP contribution in [0.2, 0.25) is 0 Å². The first-order valence-electron chi connectivity index (χ1n) is 19.4. The summed E-state index contributed by atoms with van der Waals surface area (Å²) in [6.45, 7) is 11.6. The summed E-state index contributed by atoms with van der Waals surface area (Å²) in [6, 6.07) is 2.58. The fraction of sp³-hybridized carbons (Fsp3) is 0.718. The number of amides is 4. The second kappa shape index (κ2) is 21.4. The molecular formula is C39H60F3N5O6. The topological polar surface area (TPSA) is 137 Å². The molecule has 4 amide bonds. The number of carbonyl (C=O) groups is 5. The molecule has 0 saturated carbocycles. The Morgan fingerprint density at radius 1 is 0.887 bits per heavy atom. The van der Waals surface area contributed by atoms with Crippen LogP contribution in [0.4, 0.5) is 18.9 Å². The van der Waals surface area contributed by atoms with Crippen molar-refractivity contribution in [2.75, 3.05) is 31.5 Å². The number of anilines is 1. The predicted octanol–water partition coefficient (Wildman–Crippen LogP) is 5.97. The maximum atomic E-state index is 14.3. The number of likely N-dealkylation sites (tertiary alicyclic amines) is 2. The standard InChI is InChI=1S/C39H60F3N5O6/c1-6-29-24-33(48)47(37(29)51)23-12-7-9-15-32(39(40,41)42)45-34(26(2)3)36(50)44-31(14-13-22-46-20-10-8-11-21-46)35(49)43-30-18-16-28(17-19-30)25-53-38(52)27(4)5/h16-19,26-27,29,31-32,34,45H,6-15,20-25H2,1-5H3,(H,43,49)(H,44,50). The van der Waals surface area contributed by atoms with E-state index in [1.807, 2.05) is 6.92 Å². The highest BCUT2D eigenvalue weighted by Crippen LogP contribution is 2.27. The molecule has 0 spiro atoms. The summed E-state index contributed by atoms with van der Waals surface area (Å²) in [5.74, 6) is -3.04. The van der Waals surface area contributed by atoms with Gasteiger partial charge in [0.2, 0.25) is 23.6 Å². The molecule has 298 valence electrons. The van der Waals surface area contributed by atoms with Crippen molar-refractivity contribution in [3.05, 3.63) is 29.8 Å². The molecule has 0 aliphatic carbocycles. The third-order valence-corrected chi connectivity index (χ3v) is 10.1. The number of esters is 1. The minimum atomic E-state index is -4.63. The minimum absolute atomic E-state index is 0.0863. The normalized spacial score (nSPS) is 18.7. The highest BCUT2D eigenvalue weighted by Gasteiger charge is 2.42. The summed E-state index contributed by atoms with van der Waals surface area (Å²) in [6.07, 6.45) is 1.08. The van der Waals surface area contributed by atoms with Crippen LogP contribution >= 0.6 is 0 Å². The van der Waals surface area contributed by atoms with Crippen molar-refractivity contribution >= 4 is 35.3 Å². The van der Waals surface area contributed by atoms with Gasteiger partial charge in [-0.2, -0.15) is 13.2 Å². The molecule has 53 heavy (non-hydrogen) atoms. The van der Waals surface area contributed by atoms with E-state index in [1.165, 1.54) is 11.3 Å². The molecular weight excluding hydrogens is 691 g/mol. The molecule has 1 aromatic carbocycles. The Bertz CT molecular complexity index is 1350. The first-order valence-corrected chi connectivity index (χ1v) is 19.4. The number of hydrogen-bond acceptors (Lipinski definition) is 8. The largest absolute Gasteiger partial charge is 0.461 e. The van der Waals surface area contributed by atoms with Crippen LogP contribution in [-0.4, -0.2) is 89.9 Å². The molecule has 4 unspecified atom stereocenters. The fourth-order valence-corrected chi connectivity index (χ4v) is 6.70. The Morgan fingerprint density at radius 2 is 1.57 bits per heavy atom.